The number of amides is 3. The Bertz CT molecular complexity index is 1580. The number of alkyl carbamates (subject to hydrolysis) is 2. The molecule has 262 valence electrons. The van der Waals surface area contributed by atoms with E-state index in [0.717, 1.165) is 11.1 Å². The lowest BCUT2D eigenvalue weighted by atomic mass is 9.93. The number of aliphatic hydroxyl groups excluding tert-OH is 1. The van der Waals surface area contributed by atoms with Crippen molar-refractivity contribution in [2.24, 2.45) is 5.92 Å². The lowest BCUT2D eigenvalue weighted by Crippen LogP contribution is -2.54. The molecule has 0 unspecified atom stereocenters. The number of hydrogen-bond acceptors (Lipinski definition) is 10. The molecule has 3 amide bonds. The van der Waals surface area contributed by atoms with Crippen molar-refractivity contribution in [3.8, 4) is 0 Å². The molecule has 4 rings (SSSR count). The van der Waals surface area contributed by atoms with E-state index in [9.17, 15) is 19.5 Å². The molecule has 4 aromatic rings. The van der Waals surface area contributed by atoms with Crippen molar-refractivity contribution in [2.75, 3.05) is 0 Å². The van der Waals surface area contributed by atoms with Gasteiger partial charge in [0.05, 0.1) is 29.6 Å². The average molecular weight is 676 g/mol. The van der Waals surface area contributed by atoms with E-state index in [1.807, 2.05) is 88.4 Å². The van der Waals surface area contributed by atoms with Crippen LogP contribution in [0.3, 0.4) is 0 Å². The van der Waals surface area contributed by atoms with Crippen molar-refractivity contribution < 1.29 is 37.9 Å². The molecule has 2 aromatic carbocycles. The van der Waals surface area contributed by atoms with E-state index in [2.05, 4.69) is 26.1 Å². The molecular weight excluding hydrogens is 630 g/mol. The van der Waals surface area contributed by atoms with Crippen molar-refractivity contribution in [1.82, 2.24) is 26.1 Å². The fourth-order valence-electron chi connectivity index (χ4n) is 5.33. The molecule has 0 saturated carbocycles. The van der Waals surface area contributed by atoms with Crippen LogP contribution < -0.4 is 16.0 Å². The van der Waals surface area contributed by atoms with E-state index in [4.69, 9.17) is 18.4 Å². The molecule has 2 aromatic heterocycles. The van der Waals surface area contributed by atoms with E-state index in [0.29, 0.717) is 29.9 Å². The largest absolute Gasteiger partial charge is 0.445 e. The SMILES string of the molecule is CC(C)c1nocc1COC(=O)N[C@H](C(=O)N[C@@H](Cc1ccccc1)C[C@H](O)[C@H](Cc1ccccc1)NC(=O)OCc1cnco1)C(C)C. The summed E-state index contributed by atoms with van der Waals surface area (Å²) >= 11 is 0. The highest BCUT2D eigenvalue weighted by molar-refractivity contribution is 5.86. The lowest BCUT2D eigenvalue weighted by Gasteiger charge is -2.30. The maximum absolute atomic E-state index is 13.7. The van der Waals surface area contributed by atoms with Gasteiger partial charge < -0.3 is 39.5 Å². The number of carbonyl (C=O) groups excluding carboxylic acids is 3. The molecule has 0 saturated heterocycles. The molecule has 0 aliphatic carbocycles. The second kappa shape index (κ2) is 18.4. The lowest BCUT2D eigenvalue weighted by molar-refractivity contribution is -0.125. The first-order chi connectivity index (χ1) is 23.6. The molecule has 0 fully saturated rings. The molecule has 0 bridgehead atoms. The van der Waals surface area contributed by atoms with Gasteiger partial charge in [0.2, 0.25) is 5.91 Å². The highest BCUT2D eigenvalue weighted by Crippen LogP contribution is 2.19. The first-order valence-corrected chi connectivity index (χ1v) is 16.3. The Morgan fingerprint density at radius 3 is 2.08 bits per heavy atom. The van der Waals surface area contributed by atoms with Gasteiger partial charge in [0, 0.05) is 6.04 Å². The van der Waals surface area contributed by atoms with Gasteiger partial charge in [-0.05, 0) is 42.2 Å². The summed E-state index contributed by atoms with van der Waals surface area (Å²) < 4.78 is 20.9. The van der Waals surface area contributed by atoms with Crippen LogP contribution in [0.1, 0.15) is 68.2 Å². The van der Waals surface area contributed by atoms with Crippen LogP contribution in [0.15, 0.2) is 88.5 Å². The summed E-state index contributed by atoms with van der Waals surface area (Å²) in [4.78, 5) is 43.2. The predicted molar refractivity (Wildman–Crippen MR) is 179 cm³/mol. The molecule has 0 aliphatic heterocycles. The standard InChI is InChI=1S/C36H45N5O8/c1-23(2)32-27(20-49-41-32)19-46-36(45)40-33(24(3)4)34(43)38-28(15-25-11-7-5-8-12-25)17-31(42)30(16-26-13-9-6-10-14-26)39-35(44)47-21-29-18-37-22-48-29/h5-14,18,20,22-24,28,30-31,33,42H,15-17,19,21H2,1-4H3,(H,38,43)(H,39,44)(H,40,45)/t28-,30-,31-,33-/m0/s1. The number of aromatic nitrogens is 2. The number of hydrogen-bond donors (Lipinski definition) is 4. The Labute approximate surface area is 285 Å². The van der Waals surface area contributed by atoms with Crippen molar-refractivity contribution in [3.05, 3.63) is 108 Å². The zero-order valence-electron chi connectivity index (χ0n) is 28.2. The summed E-state index contributed by atoms with van der Waals surface area (Å²) in [5, 5.41) is 24.1. The summed E-state index contributed by atoms with van der Waals surface area (Å²) in [6, 6.07) is 16.7. The minimum absolute atomic E-state index is 0.0608. The average Bonchev–Trinajstić information content (AvgIpc) is 3.78. The van der Waals surface area contributed by atoms with Gasteiger partial charge in [-0.15, -0.1) is 0 Å². The number of nitrogens with zero attached hydrogens (tertiary/aromatic N) is 2. The van der Waals surface area contributed by atoms with Crippen LogP contribution in [0, 0.1) is 5.92 Å². The van der Waals surface area contributed by atoms with Crippen molar-refractivity contribution in [2.45, 2.75) is 90.3 Å². The molecule has 4 atom stereocenters. The van der Waals surface area contributed by atoms with Gasteiger partial charge in [-0.2, -0.15) is 0 Å². The van der Waals surface area contributed by atoms with Crippen LogP contribution in [0.2, 0.25) is 0 Å². The summed E-state index contributed by atoms with van der Waals surface area (Å²) in [5.74, 6) is -0.272. The summed E-state index contributed by atoms with van der Waals surface area (Å²) in [7, 11) is 0. The van der Waals surface area contributed by atoms with Crippen molar-refractivity contribution in [3.63, 3.8) is 0 Å². The number of oxazole rings is 1. The minimum atomic E-state index is -1.10. The maximum Gasteiger partial charge on any atom is 0.408 e. The van der Waals surface area contributed by atoms with Crippen LogP contribution in [0.4, 0.5) is 9.59 Å². The first-order valence-electron chi connectivity index (χ1n) is 16.3. The summed E-state index contributed by atoms with van der Waals surface area (Å²) in [5.41, 5.74) is 3.16. The Hall–Kier alpha value is -5.17. The molecular formula is C36H45N5O8. The molecule has 4 N–H and O–H groups in total. The topological polar surface area (TPSA) is 178 Å². The van der Waals surface area contributed by atoms with Crippen molar-refractivity contribution >= 4 is 18.1 Å². The molecule has 13 heteroatoms. The molecule has 0 radical (unpaired) electrons. The Morgan fingerprint density at radius 1 is 0.837 bits per heavy atom. The third-order valence-electron chi connectivity index (χ3n) is 7.90. The number of rotatable bonds is 17. The van der Waals surface area contributed by atoms with Gasteiger partial charge >= 0.3 is 12.2 Å². The fourth-order valence-corrected chi connectivity index (χ4v) is 5.33. The highest BCUT2D eigenvalue weighted by Gasteiger charge is 2.30. The molecule has 13 nitrogen and oxygen atoms in total. The van der Waals surface area contributed by atoms with E-state index in [-0.39, 0.29) is 31.5 Å². The van der Waals surface area contributed by atoms with E-state index < -0.39 is 42.3 Å². The van der Waals surface area contributed by atoms with Gasteiger partial charge in [0.25, 0.3) is 0 Å². The second-order valence-corrected chi connectivity index (χ2v) is 12.5. The number of aliphatic hydroxyl groups is 1. The summed E-state index contributed by atoms with van der Waals surface area (Å²) in [6.07, 6.45) is 2.29. The third-order valence-corrected chi connectivity index (χ3v) is 7.90. The first kappa shape index (κ1) is 36.7. The summed E-state index contributed by atoms with van der Waals surface area (Å²) in [6.45, 7) is 7.34. The maximum atomic E-state index is 13.7. The van der Waals surface area contributed by atoms with E-state index in [1.54, 1.807) is 0 Å². The van der Waals surface area contributed by atoms with Crippen LogP contribution in [0.25, 0.3) is 0 Å². The Morgan fingerprint density at radius 2 is 1.47 bits per heavy atom. The number of benzene rings is 2. The van der Waals surface area contributed by atoms with Gasteiger partial charge in [-0.1, -0.05) is 93.5 Å². The smallest absolute Gasteiger partial charge is 0.408 e. The van der Waals surface area contributed by atoms with E-state index >= 15 is 0 Å². The minimum Gasteiger partial charge on any atom is -0.445 e. The fraction of sp³-hybridized carbons (Fsp3) is 0.417. The van der Waals surface area contributed by atoms with Crippen LogP contribution in [-0.2, 0) is 40.3 Å². The van der Waals surface area contributed by atoms with Gasteiger partial charge in [-0.25, -0.2) is 14.6 Å². The molecule has 0 aliphatic rings. The van der Waals surface area contributed by atoms with Crippen LogP contribution in [0.5, 0.6) is 0 Å². The molecule has 2 heterocycles. The number of nitrogens with one attached hydrogen (secondary N) is 3. The quantitative estimate of drug-likeness (QED) is 0.118. The van der Waals surface area contributed by atoms with Gasteiger partial charge in [0.15, 0.2) is 18.8 Å². The zero-order chi connectivity index (χ0) is 35.2. The predicted octanol–water partition coefficient (Wildman–Crippen LogP) is 5.05. The van der Waals surface area contributed by atoms with Gasteiger partial charge in [-0.3, -0.25) is 4.79 Å². The molecule has 0 spiro atoms. The Balaban J connectivity index is 1.45. The van der Waals surface area contributed by atoms with Crippen LogP contribution >= 0.6 is 0 Å². The monoisotopic (exact) mass is 675 g/mol. The van der Waals surface area contributed by atoms with Crippen LogP contribution in [-0.4, -0.2) is 57.6 Å². The number of ether oxygens (including phenoxy) is 2. The normalized spacial score (nSPS) is 13.7. The Kier molecular flexibility index (Phi) is 13.8. The zero-order valence-corrected chi connectivity index (χ0v) is 28.2. The number of carbonyl (C=O) groups is 3. The van der Waals surface area contributed by atoms with E-state index in [1.165, 1.54) is 18.9 Å². The molecule has 49 heavy (non-hydrogen) atoms. The highest BCUT2D eigenvalue weighted by atomic mass is 16.6. The van der Waals surface area contributed by atoms with Crippen molar-refractivity contribution in [1.29, 1.82) is 0 Å². The van der Waals surface area contributed by atoms with Gasteiger partial charge in [0.1, 0.15) is 18.9 Å². The third kappa shape index (κ3) is 11.8. The second-order valence-electron chi connectivity index (χ2n) is 12.5.